The Morgan fingerprint density at radius 1 is 1.03 bits per heavy atom. The maximum Gasteiger partial charge on any atom is 0.278 e. The average Bonchev–Trinajstić information content (AvgIpc) is 3.24. The fourth-order valence-electron chi connectivity index (χ4n) is 3.26. The van der Waals surface area contributed by atoms with Gasteiger partial charge in [-0.1, -0.05) is 59.8 Å². The van der Waals surface area contributed by atoms with E-state index in [-0.39, 0.29) is 5.56 Å². The van der Waals surface area contributed by atoms with Crippen molar-refractivity contribution >= 4 is 34.3 Å². The van der Waals surface area contributed by atoms with E-state index in [0.29, 0.717) is 27.1 Å². The molecule has 0 bridgehead atoms. The third-order valence-corrected chi connectivity index (χ3v) is 6.22. The number of carbonyl (C=O) groups excluding carboxylic acids is 1. The molecule has 0 fully saturated rings. The second-order valence-corrected chi connectivity index (χ2v) is 8.10. The molecule has 1 heterocycles. The van der Waals surface area contributed by atoms with Gasteiger partial charge in [0.2, 0.25) is 0 Å². The number of nitrogens with zero attached hydrogens (tertiary/aromatic N) is 2. The van der Waals surface area contributed by atoms with Crippen molar-refractivity contribution in [3.8, 4) is 11.5 Å². The Morgan fingerprint density at radius 2 is 1.77 bits per heavy atom. The first-order chi connectivity index (χ1) is 15.0. The van der Waals surface area contributed by atoms with Gasteiger partial charge >= 0.3 is 0 Å². The van der Waals surface area contributed by atoms with E-state index in [1.54, 1.807) is 31.4 Å². The lowest BCUT2D eigenvalue weighted by atomic mass is 10.1. The van der Waals surface area contributed by atoms with E-state index >= 15 is 0 Å². The van der Waals surface area contributed by atoms with Crippen molar-refractivity contribution in [2.45, 2.75) is 5.37 Å². The molecule has 0 saturated heterocycles. The minimum Gasteiger partial charge on any atom is -0.493 e. The van der Waals surface area contributed by atoms with E-state index < -0.39 is 17.1 Å². The summed E-state index contributed by atoms with van der Waals surface area (Å²) in [5.41, 5.74) is 1.42. The number of hydrazone groups is 1. The summed E-state index contributed by atoms with van der Waals surface area (Å²) in [5, 5.41) is 6.46. The van der Waals surface area contributed by atoms with E-state index in [0.717, 1.165) is 5.56 Å². The molecule has 0 aliphatic carbocycles. The van der Waals surface area contributed by atoms with Gasteiger partial charge in [-0.25, -0.2) is 9.40 Å². The van der Waals surface area contributed by atoms with Gasteiger partial charge in [-0.05, 0) is 30.3 Å². The summed E-state index contributed by atoms with van der Waals surface area (Å²) < 4.78 is 25.4. The van der Waals surface area contributed by atoms with Crippen LogP contribution in [0.2, 0.25) is 5.02 Å². The summed E-state index contributed by atoms with van der Waals surface area (Å²) in [4.78, 5) is 13.3. The highest BCUT2D eigenvalue weighted by molar-refractivity contribution is 8.14. The lowest BCUT2D eigenvalue weighted by Crippen LogP contribution is -2.27. The molecule has 31 heavy (non-hydrogen) atoms. The zero-order chi connectivity index (χ0) is 22.0. The van der Waals surface area contributed by atoms with Crippen LogP contribution in [0, 0.1) is 5.82 Å². The number of benzene rings is 3. The van der Waals surface area contributed by atoms with Crippen molar-refractivity contribution in [1.29, 1.82) is 0 Å². The van der Waals surface area contributed by atoms with Gasteiger partial charge in [0.1, 0.15) is 16.2 Å². The largest absolute Gasteiger partial charge is 0.493 e. The quantitative estimate of drug-likeness (QED) is 0.490. The molecular weight excluding hydrogens is 439 g/mol. The molecule has 1 amide bonds. The third kappa shape index (κ3) is 4.11. The SMILES string of the molecule is COc1cccc(C2SC(c3ccc(Cl)cc3)=NN2C(=O)c2ccccc2F)c1OC. The number of amides is 1. The Labute approximate surface area is 188 Å². The van der Waals surface area contributed by atoms with Gasteiger partial charge in [-0.15, -0.1) is 0 Å². The minimum atomic E-state index is -0.607. The van der Waals surface area contributed by atoms with Crippen LogP contribution in [0.25, 0.3) is 0 Å². The molecule has 1 atom stereocenters. The average molecular weight is 457 g/mol. The van der Waals surface area contributed by atoms with Crippen LogP contribution >= 0.6 is 23.4 Å². The maximum absolute atomic E-state index is 14.4. The first-order valence-electron chi connectivity index (χ1n) is 9.33. The maximum atomic E-state index is 14.4. The monoisotopic (exact) mass is 456 g/mol. The molecule has 0 radical (unpaired) electrons. The van der Waals surface area contributed by atoms with E-state index in [9.17, 15) is 9.18 Å². The van der Waals surface area contributed by atoms with E-state index in [1.807, 2.05) is 24.3 Å². The highest BCUT2D eigenvalue weighted by Gasteiger charge is 2.37. The Hall–Kier alpha value is -3.03. The van der Waals surface area contributed by atoms with Gasteiger partial charge in [0.15, 0.2) is 11.5 Å². The van der Waals surface area contributed by atoms with Gasteiger partial charge in [0, 0.05) is 16.1 Å². The molecule has 1 aliphatic heterocycles. The molecule has 8 heteroatoms. The number of ether oxygens (including phenoxy) is 2. The molecule has 0 N–H and O–H groups in total. The highest BCUT2D eigenvalue weighted by atomic mass is 35.5. The lowest BCUT2D eigenvalue weighted by Gasteiger charge is -2.23. The zero-order valence-corrected chi connectivity index (χ0v) is 18.3. The summed E-state index contributed by atoms with van der Waals surface area (Å²) in [5.74, 6) is -0.145. The molecule has 1 aliphatic rings. The van der Waals surface area contributed by atoms with Crippen molar-refractivity contribution < 1.29 is 18.7 Å². The van der Waals surface area contributed by atoms with E-state index in [4.69, 9.17) is 21.1 Å². The Balaban J connectivity index is 1.81. The molecule has 158 valence electrons. The van der Waals surface area contributed by atoms with Crippen LogP contribution in [0.1, 0.15) is 26.9 Å². The van der Waals surface area contributed by atoms with Crippen LogP contribution in [0.3, 0.4) is 0 Å². The Kier molecular flexibility index (Phi) is 6.15. The molecular formula is C23H18ClFN2O3S. The van der Waals surface area contributed by atoms with Crippen molar-refractivity contribution in [2.75, 3.05) is 14.2 Å². The normalized spacial score (nSPS) is 15.5. The van der Waals surface area contributed by atoms with Gasteiger partial charge in [0.05, 0.1) is 19.8 Å². The highest BCUT2D eigenvalue weighted by Crippen LogP contribution is 2.47. The number of hydrogen-bond donors (Lipinski definition) is 0. The summed E-state index contributed by atoms with van der Waals surface area (Å²) in [6.07, 6.45) is 0. The fourth-order valence-corrected chi connectivity index (χ4v) is 4.56. The fraction of sp³-hybridized carbons (Fsp3) is 0.130. The smallest absolute Gasteiger partial charge is 0.278 e. The van der Waals surface area contributed by atoms with Crippen LogP contribution in [0.4, 0.5) is 4.39 Å². The van der Waals surface area contributed by atoms with Crippen molar-refractivity contribution in [1.82, 2.24) is 5.01 Å². The minimum absolute atomic E-state index is 0.0592. The van der Waals surface area contributed by atoms with Crippen molar-refractivity contribution in [3.63, 3.8) is 0 Å². The van der Waals surface area contributed by atoms with Crippen LogP contribution in [0.15, 0.2) is 71.8 Å². The molecule has 0 spiro atoms. The van der Waals surface area contributed by atoms with Crippen molar-refractivity contribution in [2.24, 2.45) is 5.10 Å². The predicted octanol–water partition coefficient (Wildman–Crippen LogP) is 5.75. The summed E-state index contributed by atoms with van der Waals surface area (Å²) in [6.45, 7) is 0. The number of halogens is 2. The van der Waals surface area contributed by atoms with Gasteiger partial charge in [-0.2, -0.15) is 5.10 Å². The van der Waals surface area contributed by atoms with E-state index in [2.05, 4.69) is 5.10 Å². The molecule has 3 aromatic rings. The van der Waals surface area contributed by atoms with E-state index in [1.165, 1.54) is 42.1 Å². The van der Waals surface area contributed by atoms with Crippen LogP contribution in [-0.2, 0) is 0 Å². The van der Waals surface area contributed by atoms with Crippen molar-refractivity contribution in [3.05, 3.63) is 94.3 Å². The van der Waals surface area contributed by atoms with Crippen LogP contribution in [0.5, 0.6) is 11.5 Å². The summed E-state index contributed by atoms with van der Waals surface area (Å²) >= 11 is 7.37. The Morgan fingerprint density at radius 3 is 2.45 bits per heavy atom. The second kappa shape index (κ2) is 8.99. The number of rotatable bonds is 5. The zero-order valence-electron chi connectivity index (χ0n) is 16.7. The first kappa shape index (κ1) is 21.2. The molecule has 3 aromatic carbocycles. The summed E-state index contributed by atoms with van der Waals surface area (Å²) in [6, 6.07) is 18.4. The van der Waals surface area contributed by atoms with Crippen LogP contribution in [-0.4, -0.2) is 30.2 Å². The molecule has 0 aromatic heterocycles. The molecule has 5 nitrogen and oxygen atoms in total. The number of thioether (sulfide) groups is 1. The summed E-state index contributed by atoms with van der Waals surface area (Å²) in [7, 11) is 3.08. The lowest BCUT2D eigenvalue weighted by molar-refractivity contribution is 0.0743. The predicted molar refractivity (Wildman–Crippen MR) is 120 cm³/mol. The van der Waals surface area contributed by atoms with Gasteiger partial charge in [-0.3, -0.25) is 4.79 Å². The van der Waals surface area contributed by atoms with Crippen LogP contribution < -0.4 is 9.47 Å². The first-order valence-corrected chi connectivity index (χ1v) is 10.6. The molecule has 0 saturated carbocycles. The number of carbonyl (C=O) groups is 1. The standard InChI is InChI=1S/C23H18ClFN2O3S/c1-29-19-9-5-7-17(20(19)30-2)23-27(22(28)16-6-3-4-8-18(16)25)26-21(31-23)14-10-12-15(24)13-11-14/h3-13,23H,1-2H3. The van der Waals surface area contributed by atoms with Gasteiger partial charge in [0.25, 0.3) is 5.91 Å². The second-order valence-electron chi connectivity index (χ2n) is 6.59. The number of para-hydroxylation sites is 1. The Bertz CT molecular complexity index is 1150. The molecule has 4 rings (SSSR count). The number of methoxy groups -OCH3 is 2. The van der Waals surface area contributed by atoms with Gasteiger partial charge < -0.3 is 9.47 Å². The topological polar surface area (TPSA) is 51.1 Å². The molecule has 1 unspecified atom stereocenters. The third-order valence-electron chi connectivity index (χ3n) is 4.75. The number of hydrogen-bond acceptors (Lipinski definition) is 5.